The van der Waals surface area contributed by atoms with Gasteiger partial charge in [0.2, 0.25) is 5.91 Å². The van der Waals surface area contributed by atoms with Crippen LogP contribution in [-0.2, 0) is 4.79 Å². The number of carbonyl (C=O) groups excluding carboxylic acids is 2. The molecular weight excluding hydrogens is 220 g/mol. The molecule has 0 saturated carbocycles. The highest BCUT2D eigenvalue weighted by atomic mass is 16.1. The van der Waals surface area contributed by atoms with Crippen LogP contribution < -0.4 is 22.5 Å². The van der Waals surface area contributed by atoms with Crippen LogP contribution in [0.25, 0.3) is 0 Å². The molecule has 92 valence electrons. The number of para-hydroxylation sites is 1. The molecule has 0 spiro atoms. The van der Waals surface area contributed by atoms with Crippen molar-refractivity contribution in [3.05, 3.63) is 23.8 Å². The quantitative estimate of drug-likeness (QED) is 0.411. The minimum atomic E-state index is -0.547. The maximum atomic E-state index is 11.2. The SMILES string of the molecule is NC(=O)CCCNc1c(N)cccc1C(N)=O. The monoisotopic (exact) mass is 236 g/mol. The fourth-order valence-electron chi connectivity index (χ4n) is 1.45. The third-order valence-corrected chi connectivity index (χ3v) is 2.26. The number of carbonyl (C=O) groups is 2. The van der Waals surface area contributed by atoms with E-state index in [-0.39, 0.29) is 12.3 Å². The van der Waals surface area contributed by atoms with Gasteiger partial charge in [0.25, 0.3) is 5.91 Å². The molecule has 0 aromatic heterocycles. The summed E-state index contributed by atoms with van der Waals surface area (Å²) in [6.45, 7) is 0.497. The lowest BCUT2D eigenvalue weighted by Crippen LogP contribution is -2.17. The van der Waals surface area contributed by atoms with Gasteiger partial charge in [0.05, 0.1) is 16.9 Å². The third-order valence-electron chi connectivity index (χ3n) is 2.26. The highest BCUT2D eigenvalue weighted by molar-refractivity contribution is 6.01. The number of anilines is 2. The third kappa shape index (κ3) is 3.67. The van der Waals surface area contributed by atoms with Gasteiger partial charge in [-0.15, -0.1) is 0 Å². The van der Waals surface area contributed by atoms with E-state index in [1.807, 2.05) is 0 Å². The molecule has 1 rings (SSSR count). The van der Waals surface area contributed by atoms with Crippen LogP contribution in [0.1, 0.15) is 23.2 Å². The largest absolute Gasteiger partial charge is 0.397 e. The average Bonchev–Trinajstić information content (AvgIpc) is 2.25. The number of nitrogens with two attached hydrogens (primary N) is 3. The molecule has 0 bridgehead atoms. The molecule has 0 aliphatic carbocycles. The second kappa shape index (κ2) is 5.74. The predicted molar refractivity (Wildman–Crippen MR) is 66.3 cm³/mol. The standard InChI is InChI=1S/C11H16N4O2/c12-8-4-1-3-7(11(14)17)10(8)15-6-2-5-9(13)16/h1,3-4,15H,2,5-6,12H2,(H2,13,16)(H2,14,17). The van der Waals surface area contributed by atoms with Gasteiger partial charge in [0.1, 0.15) is 0 Å². The summed E-state index contributed by atoms with van der Waals surface area (Å²) in [5, 5.41) is 2.98. The first-order valence-corrected chi connectivity index (χ1v) is 5.23. The maximum Gasteiger partial charge on any atom is 0.250 e. The number of amides is 2. The number of nitrogen functional groups attached to an aromatic ring is 1. The maximum absolute atomic E-state index is 11.2. The van der Waals surface area contributed by atoms with E-state index in [1.54, 1.807) is 18.2 Å². The fourth-order valence-corrected chi connectivity index (χ4v) is 1.45. The van der Waals surface area contributed by atoms with Crippen molar-refractivity contribution in [2.45, 2.75) is 12.8 Å². The Balaban J connectivity index is 2.69. The van der Waals surface area contributed by atoms with E-state index < -0.39 is 5.91 Å². The fraction of sp³-hybridized carbons (Fsp3) is 0.273. The number of primary amides is 2. The van der Waals surface area contributed by atoms with Crippen molar-refractivity contribution < 1.29 is 9.59 Å². The van der Waals surface area contributed by atoms with Gasteiger partial charge in [0, 0.05) is 13.0 Å². The average molecular weight is 236 g/mol. The molecule has 1 aromatic rings. The minimum absolute atomic E-state index is 0.283. The van der Waals surface area contributed by atoms with Gasteiger partial charge in [0.15, 0.2) is 0 Å². The Bertz CT molecular complexity index is 431. The van der Waals surface area contributed by atoms with Crippen molar-refractivity contribution in [3.63, 3.8) is 0 Å². The molecule has 0 aliphatic rings. The summed E-state index contributed by atoms with van der Waals surface area (Å²) >= 11 is 0. The summed E-state index contributed by atoms with van der Waals surface area (Å²) in [5.41, 5.74) is 17.3. The van der Waals surface area contributed by atoms with Gasteiger partial charge >= 0.3 is 0 Å². The molecular formula is C11H16N4O2. The summed E-state index contributed by atoms with van der Waals surface area (Å²) in [6, 6.07) is 4.92. The predicted octanol–water partition coefficient (Wildman–Crippen LogP) is 0.0451. The Morgan fingerprint density at radius 2 is 1.94 bits per heavy atom. The van der Waals surface area contributed by atoms with Crippen molar-refractivity contribution in [3.8, 4) is 0 Å². The van der Waals surface area contributed by atoms with E-state index in [0.717, 1.165) is 0 Å². The molecule has 17 heavy (non-hydrogen) atoms. The number of hydrogen-bond donors (Lipinski definition) is 4. The van der Waals surface area contributed by atoms with E-state index in [4.69, 9.17) is 17.2 Å². The van der Waals surface area contributed by atoms with Crippen LogP contribution in [0.15, 0.2) is 18.2 Å². The molecule has 0 fully saturated rings. The first-order valence-electron chi connectivity index (χ1n) is 5.23. The van der Waals surface area contributed by atoms with E-state index >= 15 is 0 Å². The number of hydrogen-bond acceptors (Lipinski definition) is 4. The number of nitrogens with one attached hydrogen (secondary N) is 1. The highest BCUT2D eigenvalue weighted by Gasteiger charge is 2.10. The zero-order valence-electron chi connectivity index (χ0n) is 9.40. The molecule has 0 radical (unpaired) electrons. The lowest BCUT2D eigenvalue weighted by molar-refractivity contribution is -0.118. The Kier molecular flexibility index (Phi) is 4.33. The number of rotatable bonds is 6. The molecule has 6 nitrogen and oxygen atoms in total. The van der Waals surface area contributed by atoms with Gasteiger partial charge in [-0.05, 0) is 18.6 Å². The Morgan fingerprint density at radius 1 is 1.24 bits per heavy atom. The van der Waals surface area contributed by atoms with Gasteiger partial charge in [-0.3, -0.25) is 9.59 Å². The normalized spacial score (nSPS) is 9.88. The van der Waals surface area contributed by atoms with E-state index in [1.165, 1.54) is 0 Å². The van der Waals surface area contributed by atoms with Crippen LogP contribution in [0, 0.1) is 0 Å². The first kappa shape index (κ1) is 12.8. The zero-order valence-corrected chi connectivity index (χ0v) is 9.40. The van der Waals surface area contributed by atoms with Crippen LogP contribution >= 0.6 is 0 Å². The van der Waals surface area contributed by atoms with E-state index in [2.05, 4.69) is 5.32 Å². The van der Waals surface area contributed by atoms with Crippen LogP contribution in [0.5, 0.6) is 0 Å². The van der Waals surface area contributed by atoms with Crippen molar-refractivity contribution in [1.29, 1.82) is 0 Å². The number of benzene rings is 1. The summed E-state index contributed by atoms with van der Waals surface area (Å²) in [5.74, 6) is -0.905. The minimum Gasteiger partial charge on any atom is -0.397 e. The second-order valence-corrected chi connectivity index (χ2v) is 3.63. The topological polar surface area (TPSA) is 124 Å². The van der Waals surface area contributed by atoms with E-state index in [0.29, 0.717) is 29.9 Å². The van der Waals surface area contributed by atoms with Crippen molar-refractivity contribution in [2.24, 2.45) is 11.5 Å². The molecule has 0 saturated heterocycles. The molecule has 0 aliphatic heterocycles. The van der Waals surface area contributed by atoms with Crippen molar-refractivity contribution in [1.82, 2.24) is 0 Å². The van der Waals surface area contributed by atoms with Gasteiger partial charge in [-0.1, -0.05) is 6.07 Å². The molecule has 2 amide bonds. The van der Waals surface area contributed by atoms with Crippen LogP contribution in [-0.4, -0.2) is 18.4 Å². The first-order chi connectivity index (χ1) is 8.02. The molecule has 0 atom stereocenters. The van der Waals surface area contributed by atoms with Gasteiger partial charge in [-0.2, -0.15) is 0 Å². The molecule has 6 heteroatoms. The highest BCUT2D eigenvalue weighted by Crippen LogP contribution is 2.22. The second-order valence-electron chi connectivity index (χ2n) is 3.63. The zero-order chi connectivity index (χ0) is 12.8. The van der Waals surface area contributed by atoms with Gasteiger partial charge in [-0.25, -0.2) is 0 Å². The Labute approximate surface area is 99.1 Å². The van der Waals surface area contributed by atoms with E-state index in [9.17, 15) is 9.59 Å². The molecule has 1 aromatic carbocycles. The lowest BCUT2D eigenvalue weighted by Gasteiger charge is -2.12. The van der Waals surface area contributed by atoms with Crippen molar-refractivity contribution in [2.75, 3.05) is 17.6 Å². The van der Waals surface area contributed by atoms with Crippen molar-refractivity contribution >= 4 is 23.2 Å². The molecule has 0 heterocycles. The smallest absolute Gasteiger partial charge is 0.250 e. The van der Waals surface area contributed by atoms with Crippen LogP contribution in [0.4, 0.5) is 11.4 Å². The van der Waals surface area contributed by atoms with Crippen LogP contribution in [0.2, 0.25) is 0 Å². The summed E-state index contributed by atoms with van der Waals surface area (Å²) < 4.78 is 0. The summed E-state index contributed by atoms with van der Waals surface area (Å²) in [6.07, 6.45) is 0.855. The molecule has 7 N–H and O–H groups in total. The lowest BCUT2D eigenvalue weighted by atomic mass is 10.1. The summed E-state index contributed by atoms with van der Waals surface area (Å²) in [4.78, 5) is 21.7. The van der Waals surface area contributed by atoms with Crippen LogP contribution in [0.3, 0.4) is 0 Å². The Morgan fingerprint density at radius 3 is 2.53 bits per heavy atom. The summed E-state index contributed by atoms with van der Waals surface area (Å²) in [7, 11) is 0. The van der Waals surface area contributed by atoms with Gasteiger partial charge < -0.3 is 22.5 Å². The Hall–Kier alpha value is -2.24. The molecule has 0 unspecified atom stereocenters.